The Morgan fingerprint density at radius 2 is 2.30 bits per heavy atom. The van der Waals surface area contributed by atoms with Crippen LogP contribution in [-0.2, 0) is 4.79 Å². The number of anilines is 1. The molecule has 1 aromatic carbocycles. The van der Waals surface area contributed by atoms with Gasteiger partial charge < -0.3 is 5.32 Å². The molecule has 0 spiro atoms. The van der Waals surface area contributed by atoms with Crippen molar-refractivity contribution in [1.82, 2.24) is 20.0 Å². The summed E-state index contributed by atoms with van der Waals surface area (Å²) in [6, 6.07) is 7.20. The van der Waals surface area contributed by atoms with E-state index in [4.69, 9.17) is 0 Å². The zero-order valence-corrected chi connectivity index (χ0v) is 11.7. The average molecular weight is 287 g/mol. The Kier molecular flexibility index (Phi) is 3.42. The molecule has 3 aromatic rings. The number of carbonyl (C=O) groups excluding carboxylic acids is 1. The predicted octanol–water partition coefficient (Wildman–Crippen LogP) is 2.48. The lowest BCUT2D eigenvalue weighted by molar-refractivity contribution is -0.119. The van der Waals surface area contributed by atoms with Crippen molar-refractivity contribution in [1.29, 1.82) is 0 Å². The zero-order valence-electron chi connectivity index (χ0n) is 10.9. The molecule has 2 aromatic heterocycles. The maximum absolute atomic E-state index is 12.4. The van der Waals surface area contributed by atoms with Gasteiger partial charge in [0.15, 0.2) is 5.13 Å². The van der Waals surface area contributed by atoms with Gasteiger partial charge in [-0.05, 0) is 18.6 Å². The molecule has 0 saturated carbocycles. The molecule has 0 radical (unpaired) electrons. The van der Waals surface area contributed by atoms with Gasteiger partial charge >= 0.3 is 0 Å². The summed E-state index contributed by atoms with van der Waals surface area (Å²) in [5.74, 6) is -0.127. The molecular formula is C13H13N5OS. The largest absolute Gasteiger partial charge is 0.300 e. The highest BCUT2D eigenvalue weighted by atomic mass is 32.1. The van der Waals surface area contributed by atoms with Gasteiger partial charge in [0, 0.05) is 11.6 Å². The van der Waals surface area contributed by atoms with Crippen molar-refractivity contribution < 1.29 is 4.79 Å². The second-order valence-electron chi connectivity index (χ2n) is 4.27. The number of thiazole rings is 1. The lowest BCUT2D eigenvalue weighted by atomic mass is 10.2. The molecule has 1 N–H and O–H groups in total. The van der Waals surface area contributed by atoms with Crippen LogP contribution >= 0.6 is 11.3 Å². The number of amides is 1. The number of fused-ring (bicyclic) bond motifs is 1. The van der Waals surface area contributed by atoms with Crippen LogP contribution in [0.15, 0.2) is 35.8 Å². The molecule has 7 heteroatoms. The highest BCUT2D eigenvalue weighted by Gasteiger charge is 2.22. The van der Waals surface area contributed by atoms with Crippen LogP contribution in [0.2, 0.25) is 0 Å². The predicted molar refractivity (Wildman–Crippen MR) is 77.6 cm³/mol. The molecule has 0 aliphatic heterocycles. The molecule has 1 atom stereocenters. The number of nitrogens with one attached hydrogen (secondary N) is 1. The van der Waals surface area contributed by atoms with Gasteiger partial charge in [-0.2, -0.15) is 0 Å². The Balaban J connectivity index is 1.91. The summed E-state index contributed by atoms with van der Waals surface area (Å²) in [6.07, 6.45) is 2.29. The lowest BCUT2D eigenvalue weighted by Gasteiger charge is -2.14. The number of hydrogen-bond donors (Lipinski definition) is 1. The summed E-state index contributed by atoms with van der Waals surface area (Å²) in [7, 11) is 0. The van der Waals surface area contributed by atoms with Crippen LogP contribution < -0.4 is 5.32 Å². The first kappa shape index (κ1) is 12.7. The van der Waals surface area contributed by atoms with E-state index in [0.29, 0.717) is 11.6 Å². The Bertz CT molecular complexity index is 721. The van der Waals surface area contributed by atoms with Gasteiger partial charge in [-0.3, -0.25) is 4.79 Å². The highest BCUT2D eigenvalue weighted by Crippen LogP contribution is 2.20. The minimum atomic E-state index is -0.397. The van der Waals surface area contributed by atoms with Gasteiger partial charge in [-0.25, -0.2) is 9.67 Å². The first-order valence-electron chi connectivity index (χ1n) is 6.30. The Morgan fingerprint density at radius 3 is 3.05 bits per heavy atom. The second kappa shape index (κ2) is 5.38. The normalized spacial score (nSPS) is 12.4. The van der Waals surface area contributed by atoms with Crippen molar-refractivity contribution in [3.63, 3.8) is 0 Å². The van der Waals surface area contributed by atoms with Gasteiger partial charge in [0.1, 0.15) is 11.6 Å². The fraction of sp³-hybridized carbons (Fsp3) is 0.231. The van der Waals surface area contributed by atoms with Gasteiger partial charge in [0.25, 0.3) is 5.91 Å². The maximum Gasteiger partial charge on any atom is 0.251 e. The van der Waals surface area contributed by atoms with Crippen LogP contribution in [0.3, 0.4) is 0 Å². The van der Waals surface area contributed by atoms with Gasteiger partial charge in [-0.1, -0.05) is 24.3 Å². The van der Waals surface area contributed by atoms with Crippen LogP contribution in [0.1, 0.15) is 19.4 Å². The summed E-state index contributed by atoms with van der Waals surface area (Å²) < 4.78 is 1.66. The number of carbonyl (C=O) groups is 1. The number of hydrogen-bond acceptors (Lipinski definition) is 5. The zero-order chi connectivity index (χ0) is 13.9. The molecular weight excluding hydrogens is 274 g/mol. The van der Waals surface area contributed by atoms with Crippen LogP contribution in [-0.4, -0.2) is 25.9 Å². The van der Waals surface area contributed by atoms with E-state index in [2.05, 4.69) is 20.6 Å². The molecule has 0 saturated heterocycles. The van der Waals surface area contributed by atoms with E-state index in [1.807, 2.05) is 36.6 Å². The first-order valence-corrected chi connectivity index (χ1v) is 7.18. The first-order chi connectivity index (χ1) is 9.79. The van der Waals surface area contributed by atoms with E-state index < -0.39 is 6.04 Å². The van der Waals surface area contributed by atoms with E-state index >= 15 is 0 Å². The van der Waals surface area contributed by atoms with Crippen LogP contribution in [0, 0.1) is 0 Å². The fourth-order valence-electron chi connectivity index (χ4n) is 2.06. The molecule has 1 unspecified atom stereocenters. The molecule has 1 amide bonds. The lowest BCUT2D eigenvalue weighted by Crippen LogP contribution is -2.26. The number of benzene rings is 1. The van der Waals surface area contributed by atoms with E-state index in [1.54, 1.807) is 10.9 Å². The molecule has 0 aliphatic carbocycles. The van der Waals surface area contributed by atoms with Gasteiger partial charge in [0.2, 0.25) is 0 Å². The van der Waals surface area contributed by atoms with Crippen LogP contribution in [0.4, 0.5) is 5.13 Å². The molecule has 0 bridgehead atoms. The third-order valence-electron chi connectivity index (χ3n) is 3.02. The summed E-state index contributed by atoms with van der Waals surface area (Å²) >= 11 is 1.39. The maximum atomic E-state index is 12.4. The molecule has 0 fully saturated rings. The number of nitrogens with zero attached hydrogens (tertiary/aromatic N) is 4. The standard InChI is InChI=1S/C13H13N5OS/c1-2-10(12(19)15-13-14-7-8-20-13)18-11-6-4-3-5-9(11)16-17-18/h3-8,10H,2H2,1H3,(H,14,15,19). The van der Waals surface area contributed by atoms with E-state index in [0.717, 1.165) is 11.0 Å². The van der Waals surface area contributed by atoms with Crippen molar-refractivity contribution in [2.45, 2.75) is 19.4 Å². The number of rotatable bonds is 4. The monoisotopic (exact) mass is 287 g/mol. The smallest absolute Gasteiger partial charge is 0.251 e. The Hall–Kier alpha value is -2.28. The number of para-hydroxylation sites is 1. The molecule has 6 nitrogen and oxygen atoms in total. The SMILES string of the molecule is CCC(C(=O)Nc1nccs1)n1nnc2ccccc21. The topological polar surface area (TPSA) is 72.7 Å². The van der Waals surface area contributed by atoms with E-state index in [9.17, 15) is 4.79 Å². The van der Waals surface area contributed by atoms with Crippen molar-refractivity contribution in [3.8, 4) is 0 Å². The molecule has 3 rings (SSSR count). The Labute approximate surface area is 119 Å². The highest BCUT2D eigenvalue weighted by molar-refractivity contribution is 7.13. The van der Waals surface area contributed by atoms with Gasteiger partial charge in [0.05, 0.1) is 5.52 Å². The third-order valence-corrected chi connectivity index (χ3v) is 3.71. The quantitative estimate of drug-likeness (QED) is 0.800. The minimum Gasteiger partial charge on any atom is -0.300 e. The van der Waals surface area contributed by atoms with E-state index in [-0.39, 0.29) is 5.91 Å². The minimum absolute atomic E-state index is 0.127. The summed E-state index contributed by atoms with van der Waals surface area (Å²) in [6.45, 7) is 1.95. The molecule has 20 heavy (non-hydrogen) atoms. The Morgan fingerprint density at radius 1 is 1.45 bits per heavy atom. The van der Waals surface area contributed by atoms with Crippen molar-refractivity contribution in [2.24, 2.45) is 0 Å². The third kappa shape index (κ3) is 2.27. The summed E-state index contributed by atoms with van der Waals surface area (Å²) in [4.78, 5) is 16.4. The molecule has 2 heterocycles. The van der Waals surface area contributed by atoms with Crippen LogP contribution in [0.5, 0.6) is 0 Å². The molecule has 102 valence electrons. The average Bonchev–Trinajstić information content (AvgIpc) is 3.10. The fourth-order valence-corrected chi connectivity index (χ4v) is 2.59. The van der Waals surface area contributed by atoms with Crippen molar-refractivity contribution in [3.05, 3.63) is 35.8 Å². The second-order valence-corrected chi connectivity index (χ2v) is 5.17. The van der Waals surface area contributed by atoms with E-state index in [1.165, 1.54) is 11.3 Å². The van der Waals surface area contributed by atoms with Crippen molar-refractivity contribution in [2.75, 3.05) is 5.32 Å². The van der Waals surface area contributed by atoms with Crippen LogP contribution in [0.25, 0.3) is 11.0 Å². The van der Waals surface area contributed by atoms with Crippen molar-refractivity contribution >= 4 is 33.4 Å². The van der Waals surface area contributed by atoms with Gasteiger partial charge in [-0.15, -0.1) is 16.4 Å². The summed E-state index contributed by atoms with van der Waals surface area (Å²) in [5.41, 5.74) is 1.64. The molecule has 0 aliphatic rings. The number of aromatic nitrogens is 4. The summed E-state index contributed by atoms with van der Waals surface area (Å²) in [5, 5.41) is 13.4.